The van der Waals surface area contributed by atoms with Crippen LogP contribution in [-0.4, -0.2) is 24.8 Å². The Hall–Kier alpha value is -3.41. The number of rotatable bonds is 7. The number of anilines is 1. The highest BCUT2D eigenvalue weighted by atomic mass is 16.5. The largest absolute Gasteiger partial charge is 0.497 e. The van der Waals surface area contributed by atoms with Crippen molar-refractivity contribution in [1.82, 2.24) is 9.88 Å². The Bertz CT molecular complexity index is 950. The van der Waals surface area contributed by atoms with Gasteiger partial charge in [0.15, 0.2) is 0 Å². The van der Waals surface area contributed by atoms with Crippen LogP contribution in [0.15, 0.2) is 60.8 Å². The normalized spacial score (nSPS) is 10.4. The fourth-order valence-corrected chi connectivity index (χ4v) is 3.02. The summed E-state index contributed by atoms with van der Waals surface area (Å²) < 4.78 is 12.6. The first-order valence-corrected chi connectivity index (χ1v) is 9.05. The number of amides is 2. The lowest BCUT2D eigenvalue weighted by Crippen LogP contribution is -2.29. The van der Waals surface area contributed by atoms with Crippen LogP contribution in [0.3, 0.4) is 0 Å². The Balaban J connectivity index is 1.62. The van der Waals surface area contributed by atoms with Gasteiger partial charge in [-0.2, -0.15) is 0 Å². The summed E-state index contributed by atoms with van der Waals surface area (Å²) in [6.45, 7) is 3.26. The number of aryl methyl sites for hydroxylation is 1. The summed E-state index contributed by atoms with van der Waals surface area (Å²) in [6.07, 6.45) is 2.02. The van der Waals surface area contributed by atoms with Gasteiger partial charge < -0.3 is 24.7 Å². The average Bonchev–Trinajstić information content (AvgIpc) is 3.13. The van der Waals surface area contributed by atoms with Gasteiger partial charge in [0.25, 0.3) is 0 Å². The van der Waals surface area contributed by atoms with Crippen LogP contribution >= 0.6 is 0 Å². The molecule has 2 amide bonds. The van der Waals surface area contributed by atoms with E-state index in [1.807, 2.05) is 18.3 Å². The van der Waals surface area contributed by atoms with Crippen molar-refractivity contribution in [2.75, 3.05) is 19.5 Å². The van der Waals surface area contributed by atoms with E-state index in [0.29, 0.717) is 23.7 Å². The minimum atomic E-state index is -0.310. The average molecular weight is 379 g/mol. The molecule has 146 valence electrons. The number of nitrogens with zero attached hydrogens (tertiary/aromatic N) is 1. The first-order chi connectivity index (χ1) is 13.6. The molecule has 6 nitrogen and oxygen atoms in total. The van der Waals surface area contributed by atoms with Crippen LogP contribution in [0.25, 0.3) is 0 Å². The van der Waals surface area contributed by atoms with E-state index < -0.39 is 0 Å². The van der Waals surface area contributed by atoms with Gasteiger partial charge in [-0.05, 0) is 36.8 Å². The fraction of sp³-hybridized carbons (Fsp3) is 0.227. The molecule has 0 spiro atoms. The molecule has 1 aromatic heterocycles. The van der Waals surface area contributed by atoms with Gasteiger partial charge >= 0.3 is 6.03 Å². The summed E-state index contributed by atoms with van der Waals surface area (Å²) in [4.78, 5) is 12.4. The van der Waals surface area contributed by atoms with E-state index in [1.54, 1.807) is 32.4 Å². The van der Waals surface area contributed by atoms with Gasteiger partial charge in [-0.15, -0.1) is 0 Å². The minimum absolute atomic E-state index is 0.310. The van der Waals surface area contributed by atoms with Crippen molar-refractivity contribution >= 4 is 11.7 Å². The van der Waals surface area contributed by atoms with E-state index in [2.05, 4.69) is 46.4 Å². The zero-order chi connectivity index (χ0) is 19.9. The third-order valence-electron chi connectivity index (χ3n) is 4.44. The summed E-state index contributed by atoms with van der Waals surface area (Å²) in [5.41, 5.74) is 4.03. The molecule has 0 fully saturated rings. The number of carbonyl (C=O) groups is 1. The van der Waals surface area contributed by atoms with Gasteiger partial charge in [-0.3, -0.25) is 0 Å². The summed E-state index contributed by atoms with van der Waals surface area (Å²) in [7, 11) is 3.14. The number of hydrogen-bond acceptors (Lipinski definition) is 3. The molecule has 28 heavy (non-hydrogen) atoms. The number of urea groups is 1. The predicted molar refractivity (Wildman–Crippen MR) is 110 cm³/mol. The summed E-state index contributed by atoms with van der Waals surface area (Å²) >= 11 is 0. The van der Waals surface area contributed by atoms with E-state index in [-0.39, 0.29) is 6.03 Å². The van der Waals surface area contributed by atoms with Gasteiger partial charge in [-0.25, -0.2) is 4.79 Å². The van der Waals surface area contributed by atoms with E-state index in [4.69, 9.17) is 9.47 Å². The molecule has 6 heteroatoms. The van der Waals surface area contributed by atoms with Crippen LogP contribution in [0.5, 0.6) is 11.5 Å². The fourth-order valence-electron chi connectivity index (χ4n) is 3.02. The lowest BCUT2D eigenvalue weighted by atomic mass is 10.1. The molecular formula is C22H25N3O3. The number of carbonyl (C=O) groups excluding carboxylic acids is 1. The van der Waals surface area contributed by atoms with Gasteiger partial charge in [0.05, 0.1) is 26.5 Å². The number of ether oxygens (including phenoxy) is 2. The van der Waals surface area contributed by atoms with Crippen LogP contribution in [0, 0.1) is 6.92 Å². The maximum Gasteiger partial charge on any atom is 0.319 e. The quantitative estimate of drug-likeness (QED) is 0.647. The zero-order valence-electron chi connectivity index (χ0n) is 16.4. The van der Waals surface area contributed by atoms with Crippen LogP contribution < -0.4 is 20.1 Å². The highest BCUT2D eigenvalue weighted by Crippen LogP contribution is 2.28. The molecule has 0 radical (unpaired) electrons. The molecule has 0 aliphatic rings. The van der Waals surface area contributed by atoms with Gasteiger partial charge in [0.1, 0.15) is 11.5 Å². The molecule has 2 N–H and O–H groups in total. The molecule has 0 saturated heterocycles. The maximum atomic E-state index is 12.4. The first-order valence-electron chi connectivity index (χ1n) is 9.05. The molecule has 0 atom stereocenters. The number of benzene rings is 2. The summed E-state index contributed by atoms with van der Waals surface area (Å²) in [5, 5.41) is 5.70. The highest BCUT2D eigenvalue weighted by Gasteiger charge is 2.10. The standard InChI is InChI=1S/C22H25N3O3/c1-16-6-4-7-17(12-16)15-25-11-5-8-18(25)14-23-22(26)24-20-13-19(27-2)9-10-21(20)28-3/h4-13H,14-15H2,1-3H3,(H2,23,24,26). The zero-order valence-corrected chi connectivity index (χ0v) is 16.4. The second kappa shape index (κ2) is 8.99. The number of methoxy groups -OCH3 is 2. The second-order valence-electron chi connectivity index (χ2n) is 6.49. The molecule has 0 saturated carbocycles. The van der Waals surface area contributed by atoms with Crippen molar-refractivity contribution in [2.24, 2.45) is 0 Å². The van der Waals surface area contributed by atoms with E-state index in [9.17, 15) is 4.79 Å². The van der Waals surface area contributed by atoms with Crippen LogP contribution in [-0.2, 0) is 13.1 Å². The lowest BCUT2D eigenvalue weighted by molar-refractivity contribution is 0.251. The summed E-state index contributed by atoms with van der Waals surface area (Å²) in [5.74, 6) is 1.21. The monoisotopic (exact) mass is 379 g/mol. The van der Waals surface area contributed by atoms with Crippen molar-refractivity contribution in [1.29, 1.82) is 0 Å². The molecule has 3 rings (SSSR count). The van der Waals surface area contributed by atoms with Crippen molar-refractivity contribution in [3.63, 3.8) is 0 Å². The van der Waals surface area contributed by atoms with E-state index >= 15 is 0 Å². The van der Waals surface area contributed by atoms with Crippen LogP contribution in [0.1, 0.15) is 16.8 Å². The minimum Gasteiger partial charge on any atom is -0.497 e. The van der Waals surface area contributed by atoms with Gasteiger partial charge in [-0.1, -0.05) is 29.8 Å². The Labute approximate surface area is 165 Å². The highest BCUT2D eigenvalue weighted by molar-refractivity contribution is 5.91. The molecule has 2 aromatic carbocycles. The summed E-state index contributed by atoms with van der Waals surface area (Å²) in [6, 6.07) is 17.3. The number of nitrogens with one attached hydrogen (secondary N) is 2. The molecule has 3 aromatic rings. The Morgan fingerprint density at radius 2 is 1.89 bits per heavy atom. The second-order valence-corrected chi connectivity index (χ2v) is 6.49. The Morgan fingerprint density at radius 3 is 2.64 bits per heavy atom. The molecule has 0 unspecified atom stereocenters. The third-order valence-corrected chi connectivity index (χ3v) is 4.44. The van der Waals surface area contributed by atoms with Crippen LogP contribution in [0.2, 0.25) is 0 Å². The van der Waals surface area contributed by atoms with Crippen molar-refractivity contribution in [3.05, 3.63) is 77.6 Å². The van der Waals surface area contributed by atoms with Crippen molar-refractivity contribution in [3.8, 4) is 11.5 Å². The van der Waals surface area contributed by atoms with E-state index in [1.165, 1.54) is 11.1 Å². The molecule has 0 aliphatic heterocycles. The predicted octanol–water partition coefficient (Wildman–Crippen LogP) is 4.18. The van der Waals surface area contributed by atoms with Gasteiger partial charge in [0.2, 0.25) is 0 Å². The SMILES string of the molecule is COc1ccc(OC)c(NC(=O)NCc2cccn2Cc2cccc(C)c2)c1. The third kappa shape index (κ3) is 4.85. The molecular weight excluding hydrogens is 354 g/mol. The molecule has 0 aliphatic carbocycles. The smallest absolute Gasteiger partial charge is 0.319 e. The number of aromatic nitrogens is 1. The maximum absolute atomic E-state index is 12.4. The topological polar surface area (TPSA) is 64.5 Å². The lowest BCUT2D eigenvalue weighted by Gasteiger charge is -2.14. The number of hydrogen-bond donors (Lipinski definition) is 2. The van der Waals surface area contributed by atoms with Crippen molar-refractivity contribution < 1.29 is 14.3 Å². The van der Waals surface area contributed by atoms with Gasteiger partial charge in [0, 0.05) is 24.5 Å². The Morgan fingerprint density at radius 1 is 1.04 bits per heavy atom. The first kappa shape index (κ1) is 19.4. The Kier molecular flexibility index (Phi) is 6.22. The van der Waals surface area contributed by atoms with E-state index in [0.717, 1.165) is 12.2 Å². The molecule has 1 heterocycles. The molecule has 0 bridgehead atoms. The van der Waals surface area contributed by atoms with Crippen molar-refractivity contribution in [2.45, 2.75) is 20.0 Å². The van der Waals surface area contributed by atoms with Crippen LogP contribution in [0.4, 0.5) is 10.5 Å².